The number of ketones is 1. The fourth-order valence-electron chi connectivity index (χ4n) is 3.50. The van der Waals surface area contributed by atoms with Crippen molar-refractivity contribution in [1.29, 1.82) is 0 Å². The molecule has 1 aliphatic rings. The third kappa shape index (κ3) is 4.79. The van der Waals surface area contributed by atoms with Crippen LogP contribution in [0.5, 0.6) is 0 Å². The second kappa shape index (κ2) is 9.53. The Kier molecular flexibility index (Phi) is 6.59. The Balaban J connectivity index is 1.53. The standard InChI is InChI=1S/C23H24FN3O2S/c1-2-16-5-7-17(8-6-16)21(28)15-30-23-26-25-22(18-9-11-19(24)12-10-18)27(23)14-20-4-3-13-29-20/h5-12,20H,2-4,13-15H2,1H3. The summed E-state index contributed by atoms with van der Waals surface area (Å²) in [6.45, 7) is 3.46. The van der Waals surface area contributed by atoms with Crippen LogP contribution in [0.3, 0.4) is 0 Å². The smallest absolute Gasteiger partial charge is 0.192 e. The summed E-state index contributed by atoms with van der Waals surface area (Å²) in [6, 6.07) is 14.0. The molecule has 1 fully saturated rings. The van der Waals surface area contributed by atoms with Crippen LogP contribution in [-0.4, -0.2) is 39.0 Å². The van der Waals surface area contributed by atoms with Gasteiger partial charge in [0.15, 0.2) is 16.8 Å². The molecule has 156 valence electrons. The Morgan fingerprint density at radius 2 is 1.93 bits per heavy atom. The van der Waals surface area contributed by atoms with Crippen molar-refractivity contribution in [2.75, 3.05) is 12.4 Å². The summed E-state index contributed by atoms with van der Waals surface area (Å²) >= 11 is 1.37. The molecule has 1 aliphatic heterocycles. The number of ether oxygens (including phenoxy) is 1. The zero-order valence-corrected chi connectivity index (χ0v) is 17.7. The summed E-state index contributed by atoms with van der Waals surface area (Å²) in [5, 5.41) is 9.33. The number of carbonyl (C=O) groups is 1. The molecule has 0 radical (unpaired) electrons. The Morgan fingerprint density at radius 1 is 1.17 bits per heavy atom. The maximum absolute atomic E-state index is 13.3. The Morgan fingerprint density at radius 3 is 2.60 bits per heavy atom. The highest BCUT2D eigenvalue weighted by Crippen LogP contribution is 2.27. The molecule has 5 nitrogen and oxygen atoms in total. The van der Waals surface area contributed by atoms with E-state index >= 15 is 0 Å². The third-order valence-electron chi connectivity index (χ3n) is 5.25. The van der Waals surface area contributed by atoms with Crippen molar-refractivity contribution in [2.24, 2.45) is 0 Å². The molecule has 0 bridgehead atoms. The second-order valence-corrected chi connectivity index (χ2v) is 8.26. The van der Waals surface area contributed by atoms with E-state index in [0.29, 0.717) is 23.1 Å². The molecule has 1 saturated heterocycles. The van der Waals surface area contributed by atoms with Crippen LogP contribution in [0.25, 0.3) is 11.4 Å². The van der Waals surface area contributed by atoms with Crippen LogP contribution in [0.15, 0.2) is 53.7 Å². The Bertz CT molecular complexity index is 996. The average molecular weight is 426 g/mol. The zero-order valence-electron chi connectivity index (χ0n) is 16.9. The first-order valence-corrected chi connectivity index (χ1v) is 11.2. The number of benzene rings is 2. The van der Waals surface area contributed by atoms with E-state index < -0.39 is 0 Å². The summed E-state index contributed by atoms with van der Waals surface area (Å²) in [5.74, 6) is 0.696. The van der Waals surface area contributed by atoms with E-state index in [0.717, 1.165) is 31.4 Å². The molecule has 3 aromatic rings. The van der Waals surface area contributed by atoms with Crippen LogP contribution < -0.4 is 0 Å². The van der Waals surface area contributed by atoms with E-state index in [1.807, 2.05) is 28.8 Å². The van der Waals surface area contributed by atoms with Crippen LogP contribution in [-0.2, 0) is 17.7 Å². The fourth-order valence-corrected chi connectivity index (χ4v) is 4.35. The molecule has 0 N–H and O–H groups in total. The van der Waals surface area contributed by atoms with Crippen molar-refractivity contribution in [2.45, 2.75) is 44.0 Å². The van der Waals surface area contributed by atoms with E-state index in [2.05, 4.69) is 17.1 Å². The molecule has 0 aliphatic carbocycles. The summed E-state index contributed by atoms with van der Waals surface area (Å²) in [7, 11) is 0. The highest BCUT2D eigenvalue weighted by molar-refractivity contribution is 7.99. The van der Waals surface area contributed by atoms with Crippen LogP contribution in [0.1, 0.15) is 35.7 Å². The predicted octanol–water partition coefficient (Wildman–Crippen LogP) is 4.80. The first-order valence-electron chi connectivity index (χ1n) is 10.2. The van der Waals surface area contributed by atoms with Gasteiger partial charge >= 0.3 is 0 Å². The SMILES string of the molecule is CCc1ccc(C(=O)CSc2nnc(-c3ccc(F)cc3)n2CC2CCCO2)cc1. The molecule has 1 atom stereocenters. The van der Waals surface area contributed by atoms with Gasteiger partial charge in [0.05, 0.1) is 18.4 Å². The lowest BCUT2D eigenvalue weighted by Crippen LogP contribution is -2.17. The Labute approximate surface area is 179 Å². The van der Waals surface area contributed by atoms with Gasteiger partial charge in [-0.1, -0.05) is 43.0 Å². The lowest BCUT2D eigenvalue weighted by atomic mass is 10.1. The number of carbonyl (C=O) groups excluding carboxylic acids is 1. The minimum Gasteiger partial charge on any atom is -0.376 e. The van der Waals surface area contributed by atoms with Crippen molar-refractivity contribution in [1.82, 2.24) is 14.8 Å². The lowest BCUT2D eigenvalue weighted by molar-refractivity contribution is 0.0953. The molecule has 2 heterocycles. The number of rotatable bonds is 8. The highest BCUT2D eigenvalue weighted by atomic mass is 32.2. The summed E-state index contributed by atoms with van der Waals surface area (Å²) in [5.41, 5.74) is 2.69. The maximum Gasteiger partial charge on any atom is 0.192 e. The number of Topliss-reactive ketones (excluding diaryl/α,β-unsaturated/α-hetero) is 1. The number of halogens is 1. The fraction of sp³-hybridized carbons (Fsp3) is 0.348. The van der Waals surface area contributed by atoms with Crippen LogP contribution in [0.2, 0.25) is 0 Å². The second-order valence-electron chi connectivity index (χ2n) is 7.32. The van der Waals surface area contributed by atoms with Crippen LogP contribution >= 0.6 is 11.8 Å². The van der Waals surface area contributed by atoms with E-state index in [1.54, 1.807) is 12.1 Å². The van der Waals surface area contributed by atoms with Crippen molar-refractivity contribution in [3.63, 3.8) is 0 Å². The van der Waals surface area contributed by atoms with Gasteiger partial charge in [-0.25, -0.2) is 4.39 Å². The van der Waals surface area contributed by atoms with Gasteiger partial charge in [-0.3, -0.25) is 9.36 Å². The van der Waals surface area contributed by atoms with Crippen molar-refractivity contribution in [3.05, 3.63) is 65.5 Å². The first kappa shape index (κ1) is 20.8. The normalized spacial score (nSPS) is 16.1. The third-order valence-corrected chi connectivity index (χ3v) is 6.21. The minimum atomic E-state index is -0.293. The van der Waals surface area contributed by atoms with Crippen molar-refractivity contribution < 1.29 is 13.9 Å². The van der Waals surface area contributed by atoms with Gasteiger partial charge < -0.3 is 4.74 Å². The maximum atomic E-state index is 13.3. The van der Waals surface area contributed by atoms with Crippen LogP contribution in [0, 0.1) is 5.82 Å². The number of thioether (sulfide) groups is 1. The molecule has 4 rings (SSSR count). The van der Waals surface area contributed by atoms with Gasteiger partial charge in [0, 0.05) is 17.7 Å². The lowest BCUT2D eigenvalue weighted by Gasteiger charge is -2.14. The number of aryl methyl sites for hydroxylation is 1. The molecule has 1 unspecified atom stereocenters. The monoisotopic (exact) mass is 425 g/mol. The number of aromatic nitrogens is 3. The van der Waals surface area contributed by atoms with E-state index in [4.69, 9.17) is 4.74 Å². The predicted molar refractivity (Wildman–Crippen MR) is 115 cm³/mol. The van der Waals surface area contributed by atoms with Gasteiger partial charge in [-0.15, -0.1) is 10.2 Å². The van der Waals surface area contributed by atoms with E-state index in [-0.39, 0.29) is 23.5 Å². The van der Waals surface area contributed by atoms with Gasteiger partial charge in [0.25, 0.3) is 0 Å². The van der Waals surface area contributed by atoms with Gasteiger partial charge in [-0.2, -0.15) is 0 Å². The average Bonchev–Trinajstić information content (AvgIpc) is 3.43. The molecule has 30 heavy (non-hydrogen) atoms. The molecular formula is C23H24FN3O2S. The topological polar surface area (TPSA) is 57.0 Å². The molecule has 0 saturated carbocycles. The first-order chi connectivity index (χ1) is 14.6. The van der Waals surface area contributed by atoms with Crippen LogP contribution in [0.4, 0.5) is 4.39 Å². The molecular weight excluding hydrogens is 401 g/mol. The summed E-state index contributed by atoms with van der Waals surface area (Å²) < 4.78 is 21.1. The minimum absolute atomic E-state index is 0.0534. The zero-order chi connectivity index (χ0) is 20.9. The van der Waals surface area contributed by atoms with Gasteiger partial charge in [0.1, 0.15) is 5.82 Å². The molecule has 0 spiro atoms. The molecule has 1 aromatic heterocycles. The Hall–Kier alpha value is -2.51. The van der Waals surface area contributed by atoms with Crippen molar-refractivity contribution in [3.8, 4) is 11.4 Å². The van der Waals surface area contributed by atoms with E-state index in [1.165, 1.54) is 29.5 Å². The highest BCUT2D eigenvalue weighted by Gasteiger charge is 2.22. The van der Waals surface area contributed by atoms with Gasteiger partial charge in [-0.05, 0) is 49.1 Å². The molecule has 0 amide bonds. The summed E-state index contributed by atoms with van der Waals surface area (Å²) in [6.07, 6.45) is 3.06. The molecule has 2 aromatic carbocycles. The van der Waals surface area contributed by atoms with Crippen molar-refractivity contribution >= 4 is 17.5 Å². The summed E-state index contributed by atoms with van der Waals surface area (Å²) in [4.78, 5) is 12.6. The number of hydrogen-bond donors (Lipinski definition) is 0. The van der Waals surface area contributed by atoms with E-state index in [9.17, 15) is 9.18 Å². The number of hydrogen-bond acceptors (Lipinski definition) is 5. The molecule has 7 heteroatoms. The largest absolute Gasteiger partial charge is 0.376 e. The quantitative estimate of drug-likeness (QED) is 0.383. The number of nitrogens with zero attached hydrogens (tertiary/aromatic N) is 3. The van der Waals surface area contributed by atoms with Gasteiger partial charge in [0.2, 0.25) is 0 Å².